The fourth-order valence-corrected chi connectivity index (χ4v) is 4.24. The van der Waals surface area contributed by atoms with Crippen LogP contribution in [0, 0.1) is 5.92 Å². The summed E-state index contributed by atoms with van der Waals surface area (Å²) in [6, 6.07) is 13.2. The first-order valence-corrected chi connectivity index (χ1v) is 11.8. The molecule has 9 nitrogen and oxygen atoms in total. The number of nitrogens with one attached hydrogen (secondary N) is 1. The zero-order chi connectivity index (χ0) is 24.8. The molecule has 35 heavy (non-hydrogen) atoms. The van der Waals surface area contributed by atoms with Crippen molar-refractivity contribution in [2.24, 2.45) is 11.7 Å². The van der Waals surface area contributed by atoms with Crippen molar-refractivity contribution in [2.75, 3.05) is 13.1 Å². The highest BCUT2D eigenvalue weighted by Gasteiger charge is 2.27. The summed E-state index contributed by atoms with van der Waals surface area (Å²) in [5.74, 6) is -1.39. The quantitative estimate of drug-likeness (QED) is 0.457. The van der Waals surface area contributed by atoms with Gasteiger partial charge in [-0.15, -0.1) is 0 Å². The highest BCUT2D eigenvalue weighted by molar-refractivity contribution is 6.38. The van der Waals surface area contributed by atoms with Crippen LogP contribution in [0.4, 0.5) is 0 Å². The van der Waals surface area contributed by atoms with Gasteiger partial charge in [-0.05, 0) is 55.6 Å². The molecule has 0 saturated carbocycles. The van der Waals surface area contributed by atoms with Crippen LogP contribution in [-0.4, -0.2) is 56.4 Å². The molecule has 1 aliphatic heterocycles. The number of piperidine rings is 1. The first kappa shape index (κ1) is 24.3. The van der Waals surface area contributed by atoms with Crippen LogP contribution in [0.3, 0.4) is 0 Å². The van der Waals surface area contributed by atoms with Gasteiger partial charge >= 0.3 is 0 Å². The Morgan fingerprint density at radius 1 is 1.09 bits per heavy atom. The number of rotatable bonds is 9. The SMILES string of the molecule is CC1CCN(Cc2ccn(-c3ncccc3C(=O)NC(Cc3ccccc3)C(=O)C(N)=O)n2)CC1. The van der Waals surface area contributed by atoms with Crippen LogP contribution in [0.15, 0.2) is 60.9 Å². The van der Waals surface area contributed by atoms with Crippen LogP contribution in [0.25, 0.3) is 5.82 Å². The highest BCUT2D eigenvalue weighted by atomic mass is 16.2. The molecule has 3 heterocycles. The fourth-order valence-electron chi connectivity index (χ4n) is 4.24. The molecule has 1 atom stereocenters. The monoisotopic (exact) mass is 474 g/mol. The van der Waals surface area contributed by atoms with Crippen molar-refractivity contribution in [3.63, 3.8) is 0 Å². The van der Waals surface area contributed by atoms with Crippen LogP contribution in [0.1, 0.15) is 41.4 Å². The van der Waals surface area contributed by atoms with Crippen molar-refractivity contribution in [2.45, 2.75) is 38.8 Å². The number of nitrogens with two attached hydrogens (primary N) is 1. The third-order valence-corrected chi connectivity index (χ3v) is 6.30. The number of hydrogen-bond acceptors (Lipinski definition) is 6. The second-order valence-corrected chi connectivity index (χ2v) is 9.03. The summed E-state index contributed by atoms with van der Waals surface area (Å²) in [4.78, 5) is 44.0. The number of ketones is 1. The van der Waals surface area contributed by atoms with Gasteiger partial charge in [0.15, 0.2) is 5.82 Å². The van der Waals surface area contributed by atoms with Gasteiger partial charge in [0.25, 0.3) is 11.8 Å². The maximum absolute atomic E-state index is 13.2. The van der Waals surface area contributed by atoms with Crippen molar-refractivity contribution >= 4 is 17.6 Å². The first-order valence-electron chi connectivity index (χ1n) is 11.8. The average molecular weight is 475 g/mol. The van der Waals surface area contributed by atoms with E-state index in [9.17, 15) is 14.4 Å². The minimum atomic E-state index is -1.10. The van der Waals surface area contributed by atoms with Gasteiger partial charge in [0.05, 0.1) is 11.3 Å². The zero-order valence-corrected chi connectivity index (χ0v) is 19.8. The number of primary amides is 1. The molecule has 0 aliphatic carbocycles. The lowest BCUT2D eigenvalue weighted by Gasteiger charge is -2.29. The van der Waals surface area contributed by atoms with Gasteiger partial charge < -0.3 is 11.1 Å². The van der Waals surface area contributed by atoms with E-state index in [0.717, 1.165) is 36.8 Å². The molecule has 0 spiro atoms. The van der Waals surface area contributed by atoms with Gasteiger partial charge in [0.1, 0.15) is 6.04 Å². The Kier molecular flexibility index (Phi) is 7.67. The Morgan fingerprint density at radius 3 is 2.54 bits per heavy atom. The van der Waals surface area contributed by atoms with Crippen LogP contribution >= 0.6 is 0 Å². The summed E-state index contributed by atoms with van der Waals surface area (Å²) in [5.41, 5.74) is 7.17. The second-order valence-electron chi connectivity index (χ2n) is 9.03. The molecule has 3 N–H and O–H groups in total. The summed E-state index contributed by atoms with van der Waals surface area (Å²) >= 11 is 0. The van der Waals surface area contributed by atoms with Gasteiger partial charge in [-0.3, -0.25) is 19.3 Å². The largest absolute Gasteiger partial charge is 0.363 e. The lowest BCUT2D eigenvalue weighted by atomic mass is 9.99. The van der Waals surface area contributed by atoms with E-state index in [4.69, 9.17) is 5.73 Å². The normalized spacial score (nSPS) is 15.5. The molecular weight excluding hydrogens is 444 g/mol. The molecule has 4 rings (SSSR count). The molecule has 9 heteroatoms. The second kappa shape index (κ2) is 11.1. The predicted molar refractivity (Wildman–Crippen MR) is 131 cm³/mol. The van der Waals surface area contributed by atoms with Crippen LogP contribution in [0.5, 0.6) is 0 Å². The fraction of sp³-hybridized carbons (Fsp3) is 0.346. The Labute approximate surface area is 204 Å². The van der Waals surface area contributed by atoms with Crippen molar-refractivity contribution in [3.05, 3.63) is 77.7 Å². The molecule has 1 aliphatic rings. The smallest absolute Gasteiger partial charge is 0.287 e. The molecule has 1 aromatic carbocycles. The molecule has 2 amide bonds. The number of carbonyl (C=O) groups excluding carboxylic acids is 3. The minimum absolute atomic E-state index is 0.143. The van der Waals surface area contributed by atoms with Crippen LogP contribution < -0.4 is 11.1 Å². The first-order chi connectivity index (χ1) is 16.9. The third-order valence-electron chi connectivity index (χ3n) is 6.30. The number of likely N-dealkylation sites (tertiary alicyclic amines) is 1. The number of carbonyl (C=O) groups is 3. The Morgan fingerprint density at radius 2 is 1.83 bits per heavy atom. The number of nitrogens with zero attached hydrogens (tertiary/aromatic N) is 4. The number of amides is 2. The summed E-state index contributed by atoms with van der Waals surface area (Å²) < 4.78 is 1.57. The summed E-state index contributed by atoms with van der Waals surface area (Å²) in [5, 5.41) is 7.31. The van der Waals surface area contributed by atoms with E-state index < -0.39 is 23.6 Å². The molecule has 0 bridgehead atoms. The molecule has 2 aromatic heterocycles. The lowest BCUT2D eigenvalue weighted by Crippen LogP contribution is -2.47. The maximum Gasteiger partial charge on any atom is 0.287 e. The molecule has 182 valence electrons. The van der Waals surface area contributed by atoms with E-state index in [-0.39, 0.29) is 12.0 Å². The topological polar surface area (TPSA) is 123 Å². The van der Waals surface area contributed by atoms with Gasteiger partial charge in [-0.25, -0.2) is 9.67 Å². The molecule has 1 fully saturated rings. The lowest BCUT2D eigenvalue weighted by molar-refractivity contribution is -0.137. The van der Waals surface area contributed by atoms with Crippen LogP contribution in [-0.2, 0) is 22.6 Å². The number of aromatic nitrogens is 3. The molecule has 1 saturated heterocycles. The molecule has 3 aromatic rings. The summed E-state index contributed by atoms with van der Waals surface area (Å²) in [6.07, 6.45) is 5.86. The van der Waals surface area contributed by atoms with E-state index >= 15 is 0 Å². The number of pyridine rings is 1. The van der Waals surface area contributed by atoms with E-state index in [1.54, 1.807) is 29.2 Å². The van der Waals surface area contributed by atoms with Crippen molar-refractivity contribution < 1.29 is 14.4 Å². The van der Waals surface area contributed by atoms with Crippen molar-refractivity contribution in [3.8, 4) is 5.82 Å². The predicted octanol–water partition coefficient (Wildman–Crippen LogP) is 1.89. The summed E-state index contributed by atoms with van der Waals surface area (Å²) in [6.45, 7) is 5.10. The molecular formula is C26H30N6O3. The van der Waals surface area contributed by atoms with Gasteiger partial charge in [0, 0.05) is 25.4 Å². The number of Topliss-reactive ketones (excluding diaryl/α,β-unsaturated/α-hetero) is 1. The van der Waals surface area contributed by atoms with E-state index in [2.05, 4.69) is 27.2 Å². The molecule has 0 radical (unpaired) electrons. The summed E-state index contributed by atoms with van der Waals surface area (Å²) in [7, 11) is 0. The van der Waals surface area contributed by atoms with Crippen LogP contribution in [0.2, 0.25) is 0 Å². The van der Waals surface area contributed by atoms with Crippen molar-refractivity contribution in [1.82, 2.24) is 25.0 Å². The third kappa shape index (κ3) is 6.19. The van der Waals surface area contributed by atoms with Gasteiger partial charge in [-0.2, -0.15) is 5.10 Å². The van der Waals surface area contributed by atoms with Gasteiger partial charge in [0.2, 0.25) is 5.78 Å². The van der Waals surface area contributed by atoms with E-state index in [1.807, 2.05) is 36.4 Å². The maximum atomic E-state index is 13.2. The highest BCUT2D eigenvalue weighted by Crippen LogP contribution is 2.18. The molecule has 1 unspecified atom stereocenters. The van der Waals surface area contributed by atoms with E-state index in [0.29, 0.717) is 5.82 Å². The number of hydrogen-bond donors (Lipinski definition) is 2. The minimum Gasteiger partial charge on any atom is -0.363 e. The Balaban J connectivity index is 1.51. The number of benzene rings is 1. The van der Waals surface area contributed by atoms with Crippen molar-refractivity contribution in [1.29, 1.82) is 0 Å². The van der Waals surface area contributed by atoms with Gasteiger partial charge in [-0.1, -0.05) is 37.3 Å². The zero-order valence-electron chi connectivity index (χ0n) is 19.8. The standard InChI is InChI=1S/C26H30N6O3/c1-18-9-13-31(14-10-18)17-20-11-15-32(30-20)25-21(8-5-12-28-25)26(35)29-22(23(33)24(27)34)16-19-6-3-2-4-7-19/h2-8,11-12,15,18,22H,9-10,13-14,16-17H2,1H3,(H2,27,34)(H,29,35). The van der Waals surface area contributed by atoms with E-state index in [1.165, 1.54) is 12.8 Å². The Hall–Kier alpha value is -3.85. The average Bonchev–Trinajstić information content (AvgIpc) is 3.33. The Bertz CT molecular complexity index is 1180.